The fraction of sp³-hybridized carbons (Fsp3) is 0. The Morgan fingerprint density at radius 1 is 0.519 bits per heavy atom. The van der Waals surface area contributed by atoms with Crippen molar-refractivity contribution < 1.29 is 4.87 Å². The van der Waals surface area contributed by atoms with Gasteiger partial charge in [0, 0.05) is 11.6 Å². The molecule has 0 unspecified atom stereocenters. The van der Waals surface area contributed by atoms with Gasteiger partial charge in [0.15, 0.2) is 4.87 Å². The van der Waals surface area contributed by atoms with Gasteiger partial charge in [0.25, 0.3) is 5.69 Å². The van der Waals surface area contributed by atoms with Gasteiger partial charge < -0.3 is 0 Å². The molecule has 0 amide bonds. The summed E-state index contributed by atoms with van der Waals surface area (Å²) in [6.45, 7) is 0. The maximum atomic E-state index is 13.0. The van der Waals surface area contributed by atoms with E-state index in [0.29, 0.717) is 5.69 Å². The van der Waals surface area contributed by atoms with Crippen molar-refractivity contribution in [1.82, 2.24) is 0 Å². The minimum absolute atomic E-state index is 0.576. The molecule has 0 spiro atoms. The van der Waals surface area contributed by atoms with Gasteiger partial charge in [-0.1, -0.05) is 91.0 Å². The predicted octanol–water partition coefficient (Wildman–Crippen LogP) is 6.46. The fourth-order valence-corrected chi connectivity index (χ4v) is 3.13. The fourth-order valence-electron chi connectivity index (χ4n) is 3.13. The zero-order valence-electron chi connectivity index (χ0n) is 14.7. The highest BCUT2D eigenvalue weighted by molar-refractivity contribution is 5.78. The molecule has 0 aliphatic rings. The third-order valence-electron chi connectivity index (χ3n) is 4.44. The summed E-state index contributed by atoms with van der Waals surface area (Å²) < 4.78 is 0. The van der Waals surface area contributed by atoms with Gasteiger partial charge in [0.1, 0.15) is 5.69 Å². The maximum absolute atomic E-state index is 13.0. The molecule has 0 aliphatic carbocycles. The molecule has 130 valence electrons. The molecule has 3 nitrogen and oxygen atoms in total. The quantitative estimate of drug-likeness (QED) is 0.330. The molecule has 0 heterocycles. The number of nitroso groups, excluding NO2 is 1. The Morgan fingerprint density at radius 3 is 1.67 bits per heavy atom. The van der Waals surface area contributed by atoms with Crippen LogP contribution in [0.3, 0.4) is 0 Å². The Kier molecular flexibility index (Phi) is 4.75. The Hall–Kier alpha value is -3.72. The summed E-state index contributed by atoms with van der Waals surface area (Å²) in [7, 11) is 0. The average molecular weight is 351 g/mol. The maximum Gasteiger partial charge on any atom is 0.300 e. The van der Waals surface area contributed by atoms with E-state index in [9.17, 15) is 4.91 Å². The molecule has 0 fully saturated rings. The zero-order chi connectivity index (χ0) is 18.5. The lowest BCUT2D eigenvalue weighted by atomic mass is 10.0. The molecule has 1 N–H and O–H groups in total. The number of anilines is 1. The van der Waals surface area contributed by atoms with E-state index in [1.54, 1.807) is 0 Å². The molecule has 27 heavy (non-hydrogen) atoms. The molecular weight excluding hydrogens is 332 g/mol. The van der Waals surface area contributed by atoms with E-state index in [4.69, 9.17) is 0 Å². The predicted molar refractivity (Wildman–Crippen MR) is 111 cm³/mol. The lowest BCUT2D eigenvalue weighted by Gasteiger charge is -2.08. The summed E-state index contributed by atoms with van der Waals surface area (Å²) >= 11 is 0. The van der Waals surface area contributed by atoms with Crippen molar-refractivity contribution in [3.63, 3.8) is 0 Å². The topological polar surface area (TPSA) is 32.1 Å². The number of nitrogens with one attached hydrogen (secondary N) is 1. The number of benzene rings is 4. The molecule has 3 heteroatoms. The first-order chi connectivity index (χ1) is 13.3. The van der Waals surface area contributed by atoms with Crippen molar-refractivity contribution in [1.29, 1.82) is 0 Å². The lowest BCUT2D eigenvalue weighted by Crippen LogP contribution is -2.12. The second kappa shape index (κ2) is 7.67. The Bertz CT molecular complexity index is 1060. The first-order valence-corrected chi connectivity index (χ1v) is 8.86. The molecule has 0 saturated carbocycles. The van der Waals surface area contributed by atoms with Gasteiger partial charge in [-0.2, -0.15) is 0 Å². The molecule has 0 aromatic heterocycles. The molecule has 0 radical (unpaired) electrons. The molecule has 0 aliphatic heterocycles. The number of nitrogens with zero attached hydrogens (tertiary/aromatic N) is 1. The Balaban J connectivity index is 1.69. The van der Waals surface area contributed by atoms with Crippen LogP contribution in [0.5, 0.6) is 0 Å². The minimum atomic E-state index is 0.576. The zero-order valence-corrected chi connectivity index (χ0v) is 14.7. The van der Waals surface area contributed by atoms with Crippen molar-refractivity contribution in [2.75, 3.05) is 5.43 Å². The summed E-state index contributed by atoms with van der Waals surface area (Å²) in [4.78, 5) is 13.8. The molecule has 4 rings (SSSR count). The highest BCUT2D eigenvalue weighted by Crippen LogP contribution is 2.32. The van der Waals surface area contributed by atoms with Gasteiger partial charge in [0.2, 0.25) is 0 Å². The Morgan fingerprint density at radius 2 is 1.00 bits per heavy atom. The van der Waals surface area contributed by atoms with Crippen LogP contribution < -0.4 is 5.43 Å². The second-order valence-electron chi connectivity index (χ2n) is 6.20. The third kappa shape index (κ3) is 3.62. The van der Waals surface area contributed by atoms with Crippen LogP contribution in [-0.4, -0.2) is 4.87 Å². The molecule has 0 bridgehead atoms. The average Bonchev–Trinajstić information content (AvgIpc) is 2.75. The monoisotopic (exact) mass is 351 g/mol. The largest absolute Gasteiger partial charge is 0.300 e. The number of hydrogen-bond donors (Lipinski definition) is 1. The van der Waals surface area contributed by atoms with Crippen molar-refractivity contribution >= 4 is 11.4 Å². The van der Waals surface area contributed by atoms with E-state index in [-0.39, 0.29) is 0 Å². The van der Waals surface area contributed by atoms with Crippen molar-refractivity contribution in [2.45, 2.75) is 0 Å². The lowest BCUT2D eigenvalue weighted by molar-refractivity contribution is -0.427. The van der Waals surface area contributed by atoms with Crippen LogP contribution in [-0.2, 0) is 0 Å². The van der Waals surface area contributed by atoms with Gasteiger partial charge in [-0.15, -0.1) is 5.43 Å². The van der Waals surface area contributed by atoms with E-state index in [1.807, 2.05) is 109 Å². The number of rotatable bonds is 5. The van der Waals surface area contributed by atoms with Gasteiger partial charge >= 0.3 is 0 Å². The van der Waals surface area contributed by atoms with Crippen LogP contribution in [0.2, 0.25) is 0 Å². The van der Waals surface area contributed by atoms with E-state index >= 15 is 0 Å². The van der Waals surface area contributed by atoms with Gasteiger partial charge in [-0.25, -0.2) is 0 Å². The van der Waals surface area contributed by atoms with Gasteiger partial charge in [-0.05, 0) is 23.3 Å². The molecule has 4 aromatic carbocycles. The van der Waals surface area contributed by atoms with E-state index in [1.165, 1.54) is 0 Å². The smallest absolute Gasteiger partial charge is 0.114 e. The summed E-state index contributed by atoms with van der Waals surface area (Å²) in [5, 5.41) is 0. The van der Waals surface area contributed by atoms with Crippen LogP contribution in [0.4, 0.5) is 11.4 Å². The summed E-state index contributed by atoms with van der Waals surface area (Å²) in [6, 6.07) is 35.4. The third-order valence-corrected chi connectivity index (χ3v) is 4.44. The standard InChI is InChI=1S/C24H19N2O/c27-26(24-18-10-8-16-22(24)20-13-5-2-6-14-20)25-23-17-9-7-15-21(23)19-11-3-1-4-12-19/h1-18H,(H,25,27)/q+1. The number of hydrazine groups is 1. The first-order valence-electron chi connectivity index (χ1n) is 8.86. The summed E-state index contributed by atoms with van der Waals surface area (Å²) in [5.41, 5.74) is 8.29. The second-order valence-corrected chi connectivity index (χ2v) is 6.20. The van der Waals surface area contributed by atoms with Crippen LogP contribution in [0.1, 0.15) is 0 Å². The van der Waals surface area contributed by atoms with Crippen LogP contribution in [0.15, 0.2) is 109 Å². The number of hydrogen-bond acceptors (Lipinski definition) is 1. The summed E-state index contributed by atoms with van der Waals surface area (Å²) in [6.07, 6.45) is 0. The van der Waals surface area contributed by atoms with E-state index < -0.39 is 0 Å². The summed E-state index contributed by atoms with van der Waals surface area (Å²) in [5.74, 6) is 0. The Labute approximate surface area is 158 Å². The van der Waals surface area contributed by atoms with E-state index in [0.717, 1.165) is 32.8 Å². The highest BCUT2D eigenvalue weighted by atomic mass is 16.3. The van der Waals surface area contributed by atoms with E-state index in [2.05, 4.69) is 5.43 Å². The molecule has 0 saturated heterocycles. The van der Waals surface area contributed by atoms with Crippen molar-refractivity contribution in [3.05, 3.63) is 114 Å². The van der Waals surface area contributed by atoms with Crippen molar-refractivity contribution in [2.24, 2.45) is 0 Å². The van der Waals surface area contributed by atoms with Crippen molar-refractivity contribution in [3.8, 4) is 22.3 Å². The van der Waals surface area contributed by atoms with Crippen LogP contribution in [0.25, 0.3) is 22.3 Å². The van der Waals surface area contributed by atoms with Gasteiger partial charge in [-0.3, -0.25) is 0 Å². The van der Waals surface area contributed by atoms with Crippen LogP contribution in [0, 0.1) is 4.91 Å². The minimum Gasteiger partial charge on any atom is -0.114 e. The SMILES string of the molecule is O=[N+](Nc1ccccc1-c1ccccc1)c1ccccc1-c1ccccc1. The molecular formula is C24H19N2O+. The highest BCUT2D eigenvalue weighted by Gasteiger charge is 2.21. The molecule has 0 atom stereocenters. The first kappa shape index (κ1) is 16.7. The normalized spacial score (nSPS) is 10.4. The van der Waals surface area contributed by atoms with Gasteiger partial charge in [0.05, 0.1) is 10.5 Å². The number of para-hydroxylation sites is 2. The molecule has 4 aromatic rings. The van der Waals surface area contributed by atoms with Crippen LogP contribution >= 0.6 is 0 Å².